The SMILES string of the molecule is O=C(NOC1O[C@H](CO)[C@@H](O)[C@H]1O)C1C=NC=CC1. The molecule has 0 radical (unpaired) electrons. The summed E-state index contributed by atoms with van der Waals surface area (Å²) in [4.78, 5) is 20.4. The van der Waals surface area contributed by atoms with Gasteiger partial charge in [0.1, 0.15) is 18.3 Å². The average Bonchev–Trinajstić information content (AvgIpc) is 2.73. The Morgan fingerprint density at radius 3 is 2.84 bits per heavy atom. The van der Waals surface area contributed by atoms with Gasteiger partial charge in [-0.1, -0.05) is 6.08 Å². The lowest BCUT2D eigenvalue weighted by molar-refractivity contribution is -0.205. The normalized spacial score (nSPS) is 37.5. The van der Waals surface area contributed by atoms with E-state index < -0.39 is 43.0 Å². The maximum absolute atomic E-state index is 11.7. The Morgan fingerprint density at radius 2 is 2.26 bits per heavy atom. The number of ether oxygens (including phenoxy) is 1. The molecule has 8 nitrogen and oxygen atoms in total. The van der Waals surface area contributed by atoms with Crippen molar-refractivity contribution in [2.24, 2.45) is 10.9 Å². The third-order valence-electron chi connectivity index (χ3n) is 2.96. The Bertz CT molecular complexity index is 385. The quantitative estimate of drug-likeness (QED) is 0.443. The summed E-state index contributed by atoms with van der Waals surface area (Å²) in [6, 6.07) is 0. The second-order valence-corrected chi connectivity index (χ2v) is 4.32. The fourth-order valence-corrected chi connectivity index (χ4v) is 1.81. The molecule has 0 aromatic heterocycles. The zero-order valence-corrected chi connectivity index (χ0v) is 10.0. The van der Waals surface area contributed by atoms with Gasteiger partial charge in [0.15, 0.2) is 0 Å². The van der Waals surface area contributed by atoms with Gasteiger partial charge in [-0.2, -0.15) is 0 Å². The second kappa shape index (κ2) is 6.22. The fourth-order valence-electron chi connectivity index (χ4n) is 1.81. The number of rotatable bonds is 4. The number of amides is 1. The number of allylic oxidation sites excluding steroid dienone is 1. The molecule has 1 amide bonds. The number of carbonyl (C=O) groups is 1. The van der Waals surface area contributed by atoms with E-state index in [0.29, 0.717) is 6.42 Å². The summed E-state index contributed by atoms with van der Waals surface area (Å²) in [5.74, 6) is -0.868. The molecule has 1 fully saturated rings. The van der Waals surface area contributed by atoms with Crippen molar-refractivity contribution in [3.8, 4) is 0 Å². The molecule has 5 atom stereocenters. The lowest BCUT2D eigenvalue weighted by Crippen LogP contribution is -2.40. The number of aliphatic imine (C=N–C) groups is 1. The van der Waals surface area contributed by atoms with Crippen LogP contribution in [0.25, 0.3) is 0 Å². The Hall–Kier alpha value is -1.32. The van der Waals surface area contributed by atoms with Crippen molar-refractivity contribution in [1.29, 1.82) is 0 Å². The van der Waals surface area contributed by atoms with Crippen LogP contribution in [-0.2, 0) is 14.4 Å². The Balaban J connectivity index is 1.81. The van der Waals surface area contributed by atoms with Crippen LogP contribution < -0.4 is 5.48 Å². The van der Waals surface area contributed by atoms with E-state index in [1.165, 1.54) is 6.21 Å². The third kappa shape index (κ3) is 3.17. The van der Waals surface area contributed by atoms with Gasteiger partial charge < -0.3 is 20.1 Å². The van der Waals surface area contributed by atoms with E-state index in [9.17, 15) is 15.0 Å². The van der Waals surface area contributed by atoms with E-state index >= 15 is 0 Å². The van der Waals surface area contributed by atoms with Crippen LogP contribution in [0.5, 0.6) is 0 Å². The summed E-state index contributed by atoms with van der Waals surface area (Å²) in [6.45, 7) is -0.452. The third-order valence-corrected chi connectivity index (χ3v) is 2.96. The summed E-state index contributed by atoms with van der Waals surface area (Å²) >= 11 is 0. The molecule has 8 heteroatoms. The first kappa shape index (κ1) is 14.1. The zero-order chi connectivity index (χ0) is 13.8. The van der Waals surface area contributed by atoms with Gasteiger partial charge in [-0.25, -0.2) is 10.3 Å². The van der Waals surface area contributed by atoms with Crippen LogP contribution in [0.4, 0.5) is 0 Å². The Kier molecular flexibility index (Phi) is 4.61. The smallest absolute Gasteiger partial charge is 0.252 e. The van der Waals surface area contributed by atoms with Gasteiger partial charge >= 0.3 is 0 Å². The largest absolute Gasteiger partial charge is 0.394 e. The first-order valence-corrected chi connectivity index (χ1v) is 5.89. The van der Waals surface area contributed by atoms with Gasteiger partial charge in [-0.05, 0) is 6.42 Å². The monoisotopic (exact) mass is 272 g/mol. The standard InChI is InChI=1S/C11H16N2O6/c14-5-7-8(15)9(16)11(18-7)19-13-10(17)6-2-1-3-12-4-6/h1,3-4,6-9,11,14-16H,2,5H2,(H,13,17)/t6?,7-,8-,9-,11?/m1/s1. The van der Waals surface area contributed by atoms with Crippen LogP contribution >= 0.6 is 0 Å². The number of nitrogens with one attached hydrogen (secondary N) is 1. The molecular formula is C11H16N2O6. The highest BCUT2D eigenvalue weighted by Crippen LogP contribution is 2.21. The van der Waals surface area contributed by atoms with Crippen LogP contribution in [-0.4, -0.2) is 58.7 Å². The molecule has 19 heavy (non-hydrogen) atoms. The van der Waals surface area contributed by atoms with Gasteiger partial charge in [-0.3, -0.25) is 9.79 Å². The summed E-state index contributed by atoms with van der Waals surface area (Å²) in [7, 11) is 0. The molecular weight excluding hydrogens is 256 g/mol. The highest BCUT2D eigenvalue weighted by atomic mass is 16.8. The number of aliphatic hydroxyl groups is 3. The van der Waals surface area contributed by atoms with Crippen molar-refractivity contribution in [2.75, 3.05) is 6.61 Å². The van der Waals surface area contributed by atoms with Crippen molar-refractivity contribution in [2.45, 2.75) is 31.0 Å². The minimum absolute atomic E-state index is 0.425. The van der Waals surface area contributed by atoms with Gasteiger partial charge in [0, 0.05) is 12.4 Å². The summed E-state index contributed by atoms with van der Waals surface area (Å²) in [5.41, 5.74) is 2.15. The van der Waals surface area contributed by atoms with Crippen LogP contribution in [0, 0.1) is 5.92 Å². The van der Waals surface area contributed by atoms with Crippen molar-refractivity contribution in [1.82, 2.24) is 5.48 Å². The van der Waals surface area contributed by atoms with E-state index in [1.54, 1.807) is 12.3 Å². The summed E-state index contributed by atoms with van der Waals surface area (Å²) in [5, 5.41) is 28.0. The molecule has 0 spiro atoms. The molecule has 2 rings (SSSR count). The maximum Gasteiger partial charge on any atom is 0.252 e. The number of aliphatic hydroxyl groups excluding tert-OH is 3. The molecule has 0 bridgehead atoms. The van der Waals surface area contributed by atoms with Crippen LogP contribution in [0.15, 0.2) is 17.3 Å². The first-order chi connectivity index (χ1) is 9.13. The topological polar surface area (TPSA) is 121 Å². The van der Waals surface area contributed by atoms with Crippen molar-refractivity contribution >= 4 is 12.1 Å². The van der Waals surface area contributed by atoms with Crippen LogP contribution in [0.3, 0.4) is 0 Å². The molecule has 2 unspecified atom stereocenters. The lowest BCUT2D eigenvalue weighted by Gasteiger charge is -2.17. The maximum atomic E-state index is 11.7. The minimum Gasteiger partial charge on any atom is -0.394 e. The van der Waals surface area contributed by atoms with Crippen LogP contribution in [0.1, 0.15) is 6.42 Å². The summed E-state index contributed by atoms with van der Waals surface area (Å²) < 4.78 is 5.04. The zero-order valence-electron chi connectivity index (χ0n) is 10.0. The molecule has 0 aromatic carbocycles. The van der Waals surface area contributed by atoms with E-state index in [0.717, 1.165) is 0 Å². The van der Waals surface area contributed by atoms with Gasteiger partial charge in [0.25, 0.3) is 5.91 Å². The van der Waals surface area contributed by atoms with E-state index in [4.69, 9.17) is 14.7 Å². The van der Waals surface area contributed by atoms with E-state index in [1.807, 2.05) is 0 Å². The molecule has 0 saturated carbocycles. The van der Waals surface area contributed by atoms with Crippen molar-refractivity contribution in [3.63, 3.8) is 0 Å². The van der Waals surface area contributed by atoms with Crippen LogP contribution in [0.2, 0.25) is 0 Å². The van der Waals surface area contributed by atoms with Crippen molar-refractivity contribution < 1.29 is 29.7 Å². The average molecular weight is 272 g/mol. The number of hydrogen-bond acceptors (Lipinski definition) is 7. The molecule has 2 aliphatic heterocycles. The van der Waals surface area contributed by atoms with E-state index in [2.05, 4.69) is 10.5 Å². The van der Waals surface area contributed by atoms with Gasteiger partial charge in [0.2, 0.25) is 6.29 Å². The predicted molar refractivity (Wildman–Crippen MR) is 62.7 cm³/mol. The van der Waals surface area contributed by atoms with Gasteiger partial charge in [-0.15, -0.1) is 0 Å². The number of nitrogens with zero attached hydrogens (tertiary/aromatic N) is 1. The second-order valence-electron chi connectivity index (χ2n) is 4.32. The van der Waals surface area contributed by atoms with Crippen molar-refractivity contribution in [3.05, 3.63) is 12.3 Å². The molecule has 1 saturated heterocycles. The number of hydrogen-bond donors (Lipinski definition) is 4. The number of hydroxylamine groups is 1. The molecule has 0 aliphatic carbocycles. The van der Waals surface area contributed by atoms with Gasteiger partial charge in [0.05, 0.1) is 12.5 Å². The molecule has 106 valence electrons. The first-order valence-electron chi connectivity index (χ1n) is 5.89. The predicted octanol–water partition coefficient (Wildman–Crippen LogP) is -1.92. The highest BCUT2D eigenvalue weighted by Gasteiger charge is 2.43. The minimum atomic E-state index is -1.34. The molecule has 4 N–H and O–H groups in total. The number of carbonyl (C=O) groups excluding carboxylic acids is 1. The highest BCUT2D eigenvalue weighted by molar-refractivity contribution is 5.93. The lowest BCUT2D eigenvalue weighted by atomic mass is 10.1. The summed E-state index contributed by atoms with van der Waals surface area (Å²) in [6.07, 6.45) is 0.588. The molecule has 2 aliphatic rings. The van der Waals surface area contributed by atoms with E-state index in [-0.39, 0.29) is 0 Å². The molecule has 2 heterocycles. The Morgan fingerprint density at radius 1 is 1.47 bits per heavy atom. The fraction of sp³-hybridized carbons (Fsp3) is 0.636. The Labute approximate surface area is 109 Å². The molecule has 0 aromatic rings.